The molecule has 0 radical (unpaired) electrons. The molecular formula is C17H27NO. The van der Waals surface area contributed by atoms with Gasteiger partial charge in [0.2, 0.25) is 0 Å². The first-order chi connectivity index (χ1) is 9.15. The molecule has 2 nitrogen and oxygen atoms in total. The van der Waals surface area contributed by atoms with Crippen molar-refractivity contribution in [1.82, 2.24) is 5.32 Å². The van der Waals surface area contributed by atoms with Crippen LogP contribution in [0.1, 0.15) is 43.7 Å². The van der Waals surface area contributed by atoms with E-state index in [1.165, 1.54) is 24.0 Å². The maximum atomic E-state index is 9.69. The zero-order chi connectivity index (χ0) is 13.7. The van der Waals surface area contributed by atoms with Gasteiger partial charge in [0.1, 0.15) is 0 Å². The molecular weight excluding hydrogens is 234 g/mol. The molecule has 1 aromatic rings. The quantitative estimate of drug-likeness (QED) is 0.854. The normalized spacial score (nSPS) is 25.2. The molecule has 1 aromatic carbocycles. The maximum Gasteiger partial charge on any atom is 0.0543 e. The van der Waals surface area contributed by atoms with Gasteiger partial charge in [-0.3, -0.25) is 0 Å². The Morgan fingerprint density at radius 1 is 1.32 bits per heavy atom. The van der Waals surface area contributed by atoms with Crippen molar-refractivity contribution in [3.8, 4) is 0 Å². The Bertz CT molecular complexity index is 391. The van der Waals surface area contributed by atoms with Gasteiger partial charge in [-0.2, -0.15) is 0 Å². The molecule has 1 saturated carbocycles. The van der Waals surface area contributed by atoms with Gasteiger partial charge < -0.3 is 10.4 Å². The molecule has 1 aliphatic carbocycles. The van der Waals surface area contributed by atoms with E-state index in [0.29, 0.717) is 12.0 Å². The van der Waals surface area contributed by atoms with Crippen molar-refractivity contribution >= 4 is 0 Å². The number of hydrogen-bond acceptors (Lipinski definition) is 2. The van der Waals surface area contributed by atoms with E-state index in [9.17, 15) is 5.11 Å². The van der Waals surface area contributed by atoms with Gasteiger partial charge in [-0.25, -0.2) is 0 Å². The summed E-state index contributed by atoms with van der Waals surface area (Å²) in [6.07, 6.45) is 5.44. The molecule has 0 aromatic heterocycles. The summed E-state index contributed by atoms with van der Waals surface area (Å²) in [6.45, 7) is 5.48. The highest BCUT2D eigenvalue weighted by Gasteiger charge is 2.20. The highest BCUT2D eigenvalue weighted by Crippen LogP contribution is 2.23. The number of nitrogens with one attached hydrogen (secondary N) is 1. The summed E-state index contributed by atoms with van der Waals surface area (Å²) < 4.78 is 0. The van der Waals surface area contributed by atoms with Crippen molar-refractivity contribution in [1.29, 1.82) is 0 Å². The van der Waals surface area contributed by atoms with E-state index in [0.717, 1.165) is 25.8 Å². The highest BCUT2D eigenvalue weighted by molar-refractivity contribution is 5.26. The zero-order valence-corrected chi connectivity index (χ0v) is 12.2. The number of benzene rings is 1. The first-order valence-electron chi connectivity index (χ1n) is 7.61. The number of aliphatic hydroxyl groups is 1. The van der Waals surface area contributed by atoms with Crippen LogP contribution in [0, 0.1) is 12.8 Å². The fourth-order valence-electron chi connectivity index (χ4n) is 3.06. The predicted molar refractivity (Wildman–Crippen MR) is 80.3 cm³/mol. The molecule has 19 heavy (non-hydrogen) atoms. The molecule has 106 valence electrons. The highest BCUT2D eigenvalue weighted by atomic mass is 16.3. The van der Waals surface area contributed by atoms with Crippen molar-refractivity contribution in [3.05, 3.63) is 35.4 Å². The third-order valence-corrected chi connectivity index (χ3v) is 4.30. The Balaban J connectivity index is 1.75. The second kappa shape index (κ2) is 7.06. The molecule has 0 heterocycles. The topological polar surface area (TPSA) is 32.3 Å². The molecule has 0 saturated heterocycles. The fourth-order valence-corrected chi connectivity index (χ4v) is 3.06. The molecule has 1 fully saturated rings. The van der Waals surface area contributed by atoms with Gasteiger partial charge in [-0.1, -0.05) is 30.7 Å². The fraction of sp³-hybridized carbons (Fsp3) is 0.647. The van der Waals surface area contributed by atoms with E-state index in [1.54, 1.807) is 0 Å². The lowest BCUT2D eigenvalue weighted by Gasteiger charge is -2.27. The second-order valence-corrected chi connectivity index (χ2v) is 6.13. The van der Waals surface area contributed by atoms with Crippen LogP contribution in [0.5, 0.6) is 0 Å². The van der Waals surface area contributed by atoms with Crippen LogP contribution < -0.4 is 5.32 Å². The molecule has 3 atom stereocenters. The molecule has 0 bridgehead atoms. The lowest BCUT2D eigenvalue weighted by molar-refractivity contribution is 0.0998. The summed E-state index contributed by atoms with van der Waals surface area (Å²) in [4.78, 5) is 0. The van der Waals surface area contributed by atoms with Crippen molar-refractivity contribution in [2.24, 2.45) is 5.92 Å². The van der Waals surface area contributed by atoms with Gasteiger partial charge in [0, 0.05) is 6.04 Å². The van der Waals surface area contributed by atoms with Gasteiger partial charge >= 0.3 is 0 Å². The monoisotopic (exact) mass is 261 g/mol. The van der Waals surface area contributed by atoms with Gasteiger partial charge in [0.05, 0.1) is 6.10 Å². The Morgan fingerprint density at radius 3 is 2.84 bits per heavy atom. The lowest BCUT2D eigenvalue weighted by Crippen LogP contribution is -2.35. The molecule has 0 amide bonds. The van der Waals surface area contributed by atoms with Gasteiger partial charge in [0.25, 0.3) is 0 Å². The summed E-state index contributed by atoms with van der Waals surface area (Å²) in [5, 5.41) is 13.3. The average molecular weight is 261 g/mol. The van der Waals surface area contributed by atoms with Crippen LogP contribution in [0.2, 0.25) is 0 Å². The van der Waals surface area contributed by atoms with Crippen LogP contribution in [0.15, 0.2) is 24.3 Å². The van der Waals surface area contributed by atoms with E-state index in [4.69, 9.17) is 0 Å². The molecule has 2 N–H and O–H groups in total. The molecule has 0 spiro atoms. The molecule has 1 aliphatic rings. The van der Waals surface area contributed by atoms with Crippen LogP contribution in [-0.4, -0.2) is 23.8 Å². The van der Waals surface area contributed by atoms with Gasteiger partial charge in [0.15, 0.2) is 0 Å². The second-order valence-electron chi connectivity index (χ2n) is 6.13. The van der Waals surface area contributed by atoms with E-state index >= 15 is 0 Å². The maximum absolute atomic E-state index is 9.69. The predicted octanol–water partition coefficient (Wildman–Crippen LogP) is 3.07. The zero-order valence-electron chi connectivity index (χ0n) is 12.2. The van der Waals surface area contributed by atoms with Gasteiger partial charge in [-0.15, -0.1) is 0 Å². The third-order valence-electron chi connectivity index (χ3n) is 4.30. The summed E-state index contributed by atoms with van der Waals surface area (Å²) >= 11 is 0. The molecule has 0 aliphatic heterocycles. The van der Waals surface area contributed by atoms with E-state index in [1.807, 2.05) is 0 Å². The average Bonchev–Trinajstić information content (AvgIpc) is 2.39. The van der Waals surface area contributed by atoms with Crippen molar-refractivity contribution < 1.29 is 5.11 Å². The van der Waals surface area contributed by atoms with Gasteiger partial charge in [-0.05, 0) is 63.1 Å². The van der Waals surface area contributed by atoms with Crippen LogP contribution in [0.25, 0.3) is 0 Å². The minimum atomic E-state index is -0.0628. The number of aryl methyl sites for hydroxylation is 1. The summed E-state index contributed by atoms with van der Waals surface area (Å²) in [6, 6.07) is 9.12. The van der Waals surface area contributed by atoms with E-state index < -0.39 is 0 Å². The Morgan fingerprint density at radius 2 is 2.11 bits per heavy atom. The first kappa shape index (κ1) is 14.5. The van der Waals surface area contributed by atoms with E-state index in [-0.39, 0.29) is 6.10 Å². The summed E-state index contributed by atoms with van der Waals surface area (Å²) in [5.41, 5.74) is 2.82. The first-order valence-corrected chi connectivity index (χ1v) is 7.61. The number of aliphatic hydroxyl groups excluding tert-OH is 1. The molecule has 0 unspecified atom stereocenters. The third kappa shape index (κ3) is 4.63. The van der Waals surface area contributed by atoms with Crippen LogP contribution >= 0.6 is 0 Å². The van der Waals surface area contributed by atoms with Crippen molar-refractivity contribution in [2.45, 2.75) is 58.1 Å². The minimum absolute atomic E-state index is 0.0628. The number of hydrogen-bond donors (Lipinski definition) is 2. The Hall–Kier alpha value is -0.860. The number of rotatable bonds is 5. The SMILES string of the molecule is Cc1ccccc1C[C@H](C)NC[C@@H]1CCC[C@H](O)C1. The lowest BCUT2D eigenvalue weighted by atomic mass is 9.87. The van der Waals surface area contributed by atoms with Crippen LogP contribution in [0.3, 0.4) is 0 Å². The Kier molecular flexibility index (Phi) is 5.41. The summed E-state index contributed by atoms with van der Waals surface area (Å²) in [7, 11) is 0. The largest absolute Gasteiger partial charge is 0.393 e. The Labute approximate surface area is 117 Å². The molecule has 2 rings (SSSR count). The minimum Gasteiger partial charge on any atom is -0.393 e. The summed E-state index contributed by atoms with van der Waals surface area (Å²) in [5.74, 6) is 0.656. The standard InChI is InChI=1S/C17H27NO/c1-13-6-3-4-8-16(13)10-14(2)18-12-15-7-5-9-17(19)11-15/h3-4,6,8,14-15,17-19H,5,7,9-12H2,1-2H3/t14-,15+,17-/m0/s1. The van der Waals surface area contributed by atoms with Crippen molar-refractivity contribution in [2.75, 3.05) is 6.54 Å². The van der Waals surface area contributed by atoms with Crippen LogP contribution in [0.4, 0.5) is 0 Å². The van der Waals surface area contributed by atoms with Crippen LogP contribution in [-0.2, 0) is 6.42 Å². The molecule has 2 heteroatoms. The van der Waals surface area contributed by atoms with Crippen molar-refractivity contribution in [3.63, 3.8) is 0 Å². The smallest absolute Gasteiger partial charge is 0.0543 e. The van der Waals surface area contributed by atoms with E-state index in [2.05, 4.69) is 43.4 Å².